The van der Waals surface area contributed by atoms with Crippen LogP contribution in [0.3, 0.4) is 0 Å². The van der Waals surface area contributed by atoms with E-state index in [-0.39, 0.29) is 30.3 Å². The fraction of sp³-hybridized carbons (Fsp3) is 0.600. The number of nitrogens with zero attached hydrogens (tertiary/aromatic N) is 1. The maximum atomic E-state index is 13.6. The normalized spacial score (nSPS) is 18.8. The Kier molecular flexibility index (Phi) is 8.19. The molecule has 30 heavy (non-hydrogen) atoms. The lowest BCUT2D eigenvalue weighted by atomic mass is 9.82. The van der Waals surface area contributed by atoms with Gasteiger partial charge in [0.25, 0.3) is 5.91 Å². The second kappa shape index (κ2) is 11.1. The third kappa shape index (κ3) is 5.36. The van der Waals surface area contributed by atoms with Gasteiger partial charge in [-0.15, -0.1) is 6.42 Å². The van der Waals surface area contributed by atoms with E-state index in [9.17, 15) is 9.59 Å². The highest BCUT2D eigenvalue weighted by atomic mass is 16.5. The Labute approximate surface area is 180 Å². The second-order valence-electron chi connectivity index (χ2n) is 8.52. The zero-order valence-electron chi connectivity index (χ0n) is 18.1. The van der Waals surface area contributed by atoms with Crippen molar-refractivity contribution in [1.29, 1.82) is 0 Å². The highest BCUT2D eigenvalue weighted by molar-refractivity contribution is 6.00. The molecule has 2 amide bonds. The highest BCUT2D eigenvalue weighted by Gasteiger charge is 2.38. The molecule has 0 radical (unpaired) electrons. The lowest BCUT2D eigenvalue weighted by Gasteiger charge is -2.38. The van der Waals surface area contributed by atoms with Crippen molar-refractivity contribution in [3.63, 3.8) is 0 Å². The van der Waals surface area contributed by atoms with Gasteiger partial charge >= 0.3 is 0 Å². The summed E-state index contributed by atoms with van der Waals surface area (Å²) in [5, 5.41) is 3.26. The van der Waals surface area contributed by atoms with Crippen molar-refractivity contribution in [2.75, 3.05) is 13.7 Å². The maximum Gasteiger partial charge on any atom is 0.259 e. The summed E-state index contributed by atoms with van der Waals surface area (Å²) in [6, 6.07) is 6.80. The molecule has 5 nitrogen and oxygen atoms in total. The number of carbonyl (C=O) groups excluding carboxylic acids is 2. The maximum absolute atomic E-state index is 13.6. The molecule has 2 fully saturated rings. The Hall–Kier alpha value is -2.48. The van der Waals surface area contributed by atoms with Crippen molar-refractivity contribution in [1.82, 2.24) is 10.2 Å². The summed E-state index contributed by atoms with van der Waals surface area (Å²) >= 11 is 0. The van der Waals surface area contributed by atoms with Gasteiger partial charge in [-0.2, -0.15) is 0 Å². The minimum Gasteiger partial charge on any atom is -0.496 e. The molecule has 3 rings (SSSR count). The molecular weight excluding hydrogens is 376 g/mol. The summed E-state index contributed by atoms with van der Waals surface area (Å²) in [5.74, 6) is 2.97. The number of ether oxygens (including phenoxy) is 1. The number of para-hydroxylation sites is 1. The molecule has 1 aromatic rings. The predicted molar refractivity (Wildman–Crippen MR) is 118 cm³/mol. The lowest BCUT2D eigenvalue weighted by molar-refractivity contribution is -0.128. The monoisotopic (exact) mass is 410 g/mol. The second-order valence-corrected chi connectivity index (χ2v) is 8.52. The summed E-state index contributed by atoms with van der Waals surface area (Å²) in [6.45, 7) is 0.107. The van der Waals surface area contributed by atoms with Crippen molar-refractivity contribution >= 4 is 11.8 Å². The summed E-state index contributed by atoms with van der Waals surface area (Å²) < 4.78 is 5.40. The number of rotatable bonds is 7. The van der Waals surface area contributed by atoms with Gasteiger partial charge in [0.05, 0.1) is 19.2 Å². The van der Waals surface area contributed by atoms with Crippen LogP contribution < -0.4 is 10.1 Å². The molecule has 2 aliphatic carbocycles. The molecule has 1 atom stereocenters. The van der Waals surface area contributed by atoms with Gasteiger partial charge in [-0.1, -0.05) is 56.6 Å². The molecule has 0 heterocycles. The van der Waals surface area contributed by atoms with Crippen molar-refractivity contribution in [3.05, 3.63) is 29.8 Å². The van der Waals surface area contributed by atoms with E-state index in [1.807, 2.05) is 12.1 Å². The molecule has 0 aromatic heterocycles. The van der Waals surface area contributed by atoms with E-state index in [1.165, 1.54) is 12.8 Å². The van der Waals surface area contributed by atoms with Crippen LogP contribution in [0.5, 0.6) is 5.75 Å². The van der Waals surface area contributed by atoms with E-state index in [1.54, 1.807) is 24.1 Å². The number of carbonyl (C=O) groups is 2. The molecule has 1 aromatic carbocycles. The van der Waals surface area contributed by atoms with Crippen LogP contribution in [0.15, 0.2) is 24.3 Å². The third-order valence-electron chi connectivity index (χ3n) is 6.51. The number of hydrogen-bond donors (Lipinski definition) is 1. The van der Waals surface area contributed by atoms with E-state index < -0.39 is 6.04 Å². The zero-order chi connectivity index (χ0) is 21.3. The first-order valence-corrected chi connectivity index (χ1v) is 11.3. The standard InChI is InChI=1S/C25H34N2O3/c1-3-18-27(25(29)21-16-10-11-17-22(21)30-2)23(19-12-6-4-7-13-19)24(28)26-20-14-8-5-9-15-20/h1,10-11,16-17,19-20,23H,4-9,12-15,18H2,2H3,(H,26,28). The number of terminal acetylenes is 1. The minimum atomic E-state index is -0.541. The van der Waals surface area contributed by atoms with Crippen LogP contribution in [-0.2, 0) is 4.79 Å². The van der Waals surface area contributed by atoms with Gasteiger partial charge in [-0.25, -0.2) is 0 Å². The molecule has 2 saturated carbocycles. The fourth-order valence-corrected chi connectivity index (χ4v) is 4.96. The molecule has 0 bridgehead atoms. The fourth-order valence-electron chi connectivity index (χ4n) is 4.96. The first-order chi connectivity index (χ1) is 14.7. The Morgan fingerprint density at radius 2 is 1.73 bits per heavy atom. The molecule has 1 unspecified atom stereocenters. The topological polar surface area (TPSA) is 58.6 Å². The number of hydrogen-bond acceptors (Lipinski definition) is 3. The lowest BCUT2D eigenvalue weighted by Crippen LogP contribution is -2.55. The van der Waals surface area contributed by atoms with Gasteiger partial charge in [0.1, 0.15) is 11.8 Å². The summed E-state index contributed by atoms with van der Waals surface area (Å²) in [6.07, 6.45) is 16.5. The molecule has 5 heteroatoms. The Morgan fingerprint density at radius 1 is 1.10 bits per heavy atom. The van der Waals surface area contributed by atoms with Crippen molar-refractivity contribution in [3.8, 4) is 18.1 Å². The van der Waals surface area contributed by atoms with Crippen LogP contribution in [0.25, 0.3) is 0 Å². The highest BCUT2D eigenvalue weighted by Crippen LogP contribution is 2.31. The van der Waals surface area contributed by atoms with Crippen molar-refractivity contribution < 1.29 is 14.3 Å². The number of nitrogens with one attached hydrogen (secondary N) is 1. The quantitative estimate of drug-likeness (QED) is 0.687. The first kappa shape index (κ1) is 22.2. The van der Waals surface area contributed by atoms with Crippen LogP contribution in [0.4, 0.5) is 0 Å². The van der Waals surface area contributed by atoms with Gasteiger partial charge in [0, 0.05) is 6.04 Å². The molecule has 1 N–H and O–H groups in total. The summed E-state index contributed by atoms with van der Waals surface area (Å²) in [7, 11) is 1.55. The van der Waals surface area contributed by atoms with E-state index >= 15 is 0 Å². The predicted octanol–water partition coefficient (Wildman–Crippen LogP) is 4.17. The molecule has 2 aliphatic rings. The smallest absolute Gasteiger partial charge is 0.259 e. The van der Waals surface area contributed by atoms with Crippen LogP contribution in [0, 0.1) is 18.3 Å². The van der Waals surface area contributed by atoms with E-state index in [0.29, 0.717) is 11.3 Å². The number of amides is 2. The van der Waals surface area contributed by atoms with Gasteiger partial charge < -0.3 is 15.0 Å². The minimum absolute atomic E-state index is 0.0488. The average Bonchev–Trinajstić information content (AvgIpc) is 2.79. The molecular formula is C25H34N2O3. The summed E-state index contributed by atoms with van der Waals surface area (Å²) in [5.41, 5.74) is 0.446. The van der Waals surface area contributed by atoms with Gasteiger partial charge in [0.15, 0.2) is 0 Å². The molecule has 0 saturated heterocycles. The number of methoxy groups -OCH3 is 1. The van der Waals surface area contributed by atoms with Gasteiger partial charge in [0.2, 0.25) is 5.91 Å². The average molecular weight is 411 g/mol. The van der Waals surface area contributed by atoms with Gasteiger partial charge in [-0.05, 0) is 43.7 Å². The third-order valence-corrected chi connectivity index (χ3v) is 6.51. The Balaban J connectivity index is 1.89. The SMILES string of the molecule is C#CCN(C(=O)c1ccccc1OC)C(C(=O)NC1CCCCC1)C1CCCCC1. The van der Waals surface area contributed by atoms with E-state index in [4.69, 9.17) is 11.2 Å². The Bertz CT molecular complexity index is 758. The largest absolute Gasteiger partial charge is 0.496 e. The van der Waals surface area contributed by atoms with Gasteiger partial charge in [-0.3, -0.25) is 9.59 Å². The van der Waals surface area contributed by atoms with Crippen molar-refractivity contribution in [2.24, 2.45) is 5.92 Å². The van der Waals surface area contributed by atoms with Crippen LogP contribution in [0.1, 0.15) is 74.6 Å². The van der Waals surface area contributed by atoms with Crippen LogP contribution in [-0.4, -0.2) is 42.5 Å². The van der Waals surface area contributed by atoms with Crippen molar-refractivity contribution in [2.45, 2.75) is 76.3 Å². The molecule has 162 valence electrons. The number of benzene rings is 1. The molecule has 0 aliphatic heterocycles. The Morgan fingerprint density at radius 3 is 2.37 bits per heavy atom. The van der Waals surface area contributed by atoms with Crippen LogP contribution >= 0.6 is 0 Å². The first-order valence-electron chi connectivity index (χ1n) is 11.3. The van der Waals surface area contributed by atoms with Crippen LogP contribution in [0.2, 0.25) is 0 Å². The van der Waals surface area contributed by atoms with E-state index in [0.717, 1.165) is 51.4 Å². The summed E-state index contributed by atoms with van der Waals surface area (Å²) in [4.78, 5) is 28.7. The molecule has 0 spiro atoms. The van der Waals surface area contributed by atoms with E-state index in [2.05, 4.69) is 11.2 Å². The zero-order valence-corrected chi connectivity index (χ0v) is 18.1.